The number of rotatable bonds is 3. The number of anilines is 1. The van der Waals surface area contributed by atoms with Gasteiger partial charge in [0, 0.05) is 28.4 Å². The molecule has 0 radical (unpaired) electrons. The molecule has 0 bridgehead atoms. The largest absolute Gasteiger partial charge is 0.358 e. The number of H-pyrrole nitrogens is 1. The zero-order chi connectivity index (χ0) is 16.9. The highest BCUT2D eigenvalue weighted by Gasteiger charge is 2.53. The number of aromatic nitrogens is 1. The van der Waals surface area contributed by atoms with Crippen LogP contribution in [0.2, 0.25) is 0 Å². The fourth-order valence-corrected chi connectivity index (χ4v) is 3.43. The van der Waals surface area contributed by atoms with Gasteiger partial charge in [0.2, 0.25) is 5.91 Å². The minimum absolute atomic E-state index is 0.179. The van der Waals surface area contributed by atoms with Crippen LogP contribution in [-0.2, 0) is 10.2 Å². The minimum Gasteiger partial charge on any atom is -0.358 e. The van der Waals surface area contributed by atoms with Gasteiger partial charge in [-0.25, -0.2) is 8.78 Å². The zero-order valence-electron chi connectivity index (χ0n) is 13.1. The summed E-state index contributed by atoms with van der Waals surface area (Å²) in [4.78, 5) is 16.2. The van der Waals surface area contributed by atoms with Crippen LogP contribution in [0.5, 0.6) is 0 Å². The maximum Gasteiger partial charge on any atom is 0.235 e. The van der Waals surface area contributed by atoms with Crippen molar-refractivity contribution in [1.82, 2.24) is 4.98 Å². The molecule has 5 heteroatoms. The van der Waals surface area contributed by atoms with Crippen molar-refractivity contribution >= 4 is 22.5 Å². The second kappa shape index (κ2) is 5.16. The number of nitrogens with one attached hydrogen (secondary N) is 2. The first-order chi connectivity index (χ1) is 11.5. The molecule has 122 valence electrons. The number of aryl methyl sites for hydroxylation is 1. The van der Waals surface area contributed by atoms with Gasteiger partial charge in [-0.3, -0.25) is 4.79 Å². The molecule has 1 heterocycles. The fourth-order valence-electron chi connectivity index (χ4n) is 3.43. The van der Waals surface area contributed by atoms with Crippen molar-refractivity contribution in [2.45, 2.75) is 25.2 Å². The van der Waals surface area contributed by atoms with Crippen LogP contribution in [0.3, 0.4) is 0 Å². The lowest BCUT2D eigenvalue weighted by Crippen LogP contribution is -2.28. The molecular weight excluding hydrogens is 310 g/mol. The van der Waals surface area contributed by atoms with E-state index in [4.69, 9.17) is 0 Å². The van der Waals surface area contributed by atoms with E-state index >= 15 is 0 Å². The minimum atomic E-state index is -0.971. The van der Waals surface area contributed by atoms with Crippen LogP contribution in [0, 0.1) is 18.6 Å². The van der Waals surface area contributed by atoms with Gasteiger partial charge >= 0.3 is 0 Å². The van der Waals surface area contributed by atoms with Gasteiger partial charge in [-0.15, -0.1) is 0 Å². The quantitative estimate of drug-likeness (QED) is 0.735. The standard InChI is InChI=1S/C19H16F2N2O/c1-11-17(13-4-2-3-5-16(13)22-11)19(8-9-19)18(24)23-12-6-7-14(20)15(21)10-12/h2-7,10,22H,8-9H2,1H3,(H,23,24). The summed E-state index contributed by atoms with van der Waals surface area (Å²) in [5, 5.41) is 3.77. The van der Waals surface area contributed by atoms with Crippen molar-refractivity contribution in [3.05, 3.63) is 65.4 Å². The summed E-state index contributed by atoms with van der Waals surface area (Å²) in [6, 6.07) is 11.3. The number of carbonyl (C=O) groups is 1. The molecule has 0 saturated heterocycles. The Hall–Kier alpha value is -2.69. The number of fused-ring (bicyclic) bond motifs is 1. The Labute approximate surface area is 137 Å². The zero-order valence-corrected chi connectivity index (χ0v) is 13.1. The molecule has 2 N–H and O–H groups in total. The van der Waals surface area contributed by atoms with Gasteiger partial charge in [0.25, 0.3) is 0 Å². The monoisotopic (exact) mass is 326 g/mol. The molecule has 3 aromatic rings. The van der Waals surface area contributed by atoms with E-state index in [2.05, 4.69) is 10.3 Å². The molecule has 0 unspecified atom stereocenters. The Morgan fingerprint density at radius 1 is 1.12 bits per heavy atom. The molecule has 2 aromatic carbocycles. The smallest absolute Gasteiger partial charge is 0.235 e. The predicted octanol–water partition coefficient (Wildman–Crippen LogP) is 4.42. The van der Waals surface area contributed by atoms with Crippen LogP contribution in [0.1, 0.15) is 24.1 Å². The van der Waals surface area contributed by atoms with Crippen molar-refractivity contribution in [2.24, 2.45) is 0 Å². The molecule has 1 amide bonds. The van der Waals surface area contributed by atoms with Crippen molar-refractivity contribution in [3.63, 3.8) is 0 Å². The third-order valence-corrected chi connectivity index (χ3v) is 4.73. The van der Waals surface area contributed by atoms with Crippen LogP contribution in [-0.4, -0.2) is 10.9 Å². The molecule has 0 spiro atoms. The molecule has 1 fully saturated rings. The molecule has 24 heavy (non-hydrogen) atoms. The SMILES string of the molecule is Cc1[nH]c2ccccc2c1C1(C(=O)Nc2ccc(F)c(F)c2)CC1. The highest BCUT2D eigenvalue weighted by atomic mass is 19.2. The Morgan fingerprint density at radius 2 is 1.88 bits per heavy atom. The first-order valence-electron chi connectivity index (χ1n) is 7.85. The van der Waals surface area contributed by atoms with E-state index in [1.807, 2.05) is 31.2 Å². The van der Waals surface area contributed by atoms with Crippen LogP contribution in [0.15, 0.2) is 42.5 Å². The summed E-state index contributed by atoms with van der Waals surface area (Å²) in [7, 11) is 0. The average Bonchev–Trinajstić information content (AvgIpc) is 3.28. The highest BCUT2D eigenvalue weighted by molar-refractivity contribution is 6.05. The summed E-state index contributed by atoms with van der Waals surface area (Å²) in [6.45, 7) is 1.96. The Kier molecular flexibility index (Phi) is 3.20. The highest BCUT2D eigenvalue weighted by Crippen LogP contribution is 2.52. The first-order valence-corrected chi connectivity index (χ1v) is 7.85. The number of aromatic amines is 1. The number of hydrogen-bond donors (Lipinski definition) is 2. The number of halogens is 2. The summed E-state index contributed by atoms with van der Waals surface area (Å²) in [5.41, 5.74) is 2.63. The van der Waals surface area contributed by atoms with Crippen molar-refractivity contribution in [3.8, 4) is 0 Å². The van der Waals surface area contributed by atoms with Crippen LogP contribution < -0.4 is 5.32 Å². The van der Waals surface area contributed by atoms with E-state index in [0.29, 0.717) is 0 Å². The molecule has 0 aliphatic heterocycles. The molecule has 1 aliphatic rings. The van der Waals surface area contributed by atoms with Crippen LogP contribution in [0.25, 0.3) is 10.9 Å². The van der Waals surface area contributed by atoms with E-state index in [0.717, 1.165) is 47.1 Å². The van der Waals surface area contributed by atoms with Gasteiger partial charge in [-0.1, -0.05) is 18.2 Å². The molecule has 1 aromatic heterocycles. The van der Waals surface area contributed by atoms with Crippen LogP contribution >= 0.6 is 0 Å². The predicted molar refractivity (Wildman–Crippen MR) is 88.9 cm³/mol. The maximum absolute atomic E-state index is 13.4. The maximum atomic E-state index is 13.4. The summed E-state index contributed by atoms with van der Waals surface area (Å²) in [6.07, 6.45) is 1.48. The Balaban J connectivity index is 1.70. The Bertz CT molecular complexity index is 957. The molecule has 0 atom stereocenters. The van der Waals surface area contributed by atoms with E-state index in [9.17, 15) is 13.6 Å². The lowest BCUT2D eigenvalue weighted by atomic mass is 9.92. The second-order valence-electron chi connectivity index (χ2n) is 6.34. The van der Waals surface area contributed by atoms with Crippen LogP contribution in [0.4, 0.5) is 14.5 Å². The summed E-state index contributed by atoms with van der Waals surface area (Å²) < 4.78 is 26.4. The van der Waals surface area contributed by atoms with E-state index in [1.54, 1.807) is 0 Å². The van der Waals surface area contributed by atoms with Crippen molar-refractivity contribution in [1.29, 1.82) is 0 Å². The third kappa shape index (κ3) is 2.19. The number of carbonyl (C=O) groups excluding carboxylic acids is 1. The van der Waals surface area contributed by atoms with Gasteiger partial charge in [0.1, 0.15) is 0 Å². The van der Waals surface area contributed by atoms with Gasteiger partial charge in [0.15, 0.2) is 11.6 Å². The van der Waals surface area contributed by atoms with Crippen molar-refractivity contribution < 1.29 is 13.6 Å². The number of hydrogen-bond acceptors (Lipinski definition) is 1. The fraction of sp³-hybridized carbons (Fsp3) is 0.211. The van der Waals surface area contributed by atoms with Gasteiger partial charge in [-0.2, -0.15) is 0 Å². The average molecular weight is 326 g/mol. The number of para-hydroxylation sites is 1. The lowest BCUT2D eigenvalue weighted by molar-refractivity contribution is -0.118. The summed E-state index contributed by atoms with van der Waals surface area (Å²) in [5.74, 6) is -2.08. The molecular formula is C19H16F2N2O. The molecule has 3 nitrogen and oxygen atoms in total. The van der Waals surface area contributed by atoms with Crippen molar-refractivity contribution in [2.75, 3.05) is 5.32 Å². The van der Waals surface area contributed by atoms with Gasteiger partial charge in [0.05, 0.1) is 5.41 Å². The number of amides is 1. The van der Waals surface area contributed by atoms with E-state index in [-0.39, 0.29) is 11.6 Å². The van der Waals surface area contributed by atoms with E-state index < -0.39 is 17.0 Å². The molecule has 1 saturated carbocycles. The molecule has 4 rings (SSSR count). The van der Waals surface area contributed by atoms with Gasteiger partial charge < -0.3 is 10.3 Å². The normalized spacial score (nSPS) is 15.5. The van der Waals surface area contributed by atoms with Gasteiger partial charge in [-0.05, 0) is 43.5 Å². The molecule has 1 aliphatic carbocycles. The summed E-state index contributed by atoms with van der Waals surface area (Å²) >= 11 is 0. The Morgan fingerprint density at radius 3 is 2.58 bits per heavy atom. The lowest BCUT2D eigenvalue weighted by Gasteiger charge is -2.16. The first kappa shape index (κ1) is 14.9. The topological polar surface area (TPSA) is 44.9 Å². The number of benzene rings is 2. The second-order valence-corrected chi connectivity index (χ2v) is 6.34. The third-order valence-electron chi connectivity index (χ3n) is 4.73. The van der Waals surface area contributed by atoms with E-state index in [1.165, 1.54) is 6.07 Å².